The molecule has 0 spiro atoms. The van der Waals surface area contributed by atoms with E-state index in [4.69, 9.17) is 9.47 Å². The summed E-state index contributed by atoms with van der Waals surface area (Å²) in [6, 6.07) is 21.5. The minimum atomic E-state index is -4.03. The number of ether oxygens (including phenoxy) is 2. The molecule has 0 saturated carbocycles. The summed E-state index contributed by atoms with van der Waals surface area (Å²) >= 11 is 0. The molecule has 0 aliphatic rings. The Morgan fingerprint density at radius 3 is 2.50 bits per heavy atom. The van der Waals surface area contributed by atoms with Gasteiger partial charge in [0.25, 0.3) is 15.9 Å². The predicted molar refractivity (Wildman–Crippen MR) is 132 cm³/mol. The number of methoxy groups -OCH3 is 1. The number of nitrogens with zero attached hydrogens (tertiary/aromatic N) is 2. The van der Waals surface area contributed by atoms with Crippen molar-refractivity contribution in [3.63, 3.8) is 0 Å². The van der Waals surface area contributed by atoms with Gasteiger partial charge >= 0.3 is 0 Å². The van der Waals surface area contributed by atoms with Crippen molar-refractivity contribution >= 4 is 27.8 Å². The monoisotopic (exact) mass is 479 g/mol. The highest BCUT2D eigenvalue weighted by molar-refractivity contribution is 7.92. The number of nitrogens with one attached hydrogen (secondary N) is 1. The summed E-state index contributed by atoms with van der Waals surface area (Å²) < 4.78 is 38.4. The van der Waals surface area contributed by atoms with Gasteiger partial charge in [0.2, 0.25) is 0 Å². The quantitative estimate of drug-likeness (QED) is 0.257. The van der Waals surface area contributed by atoms with Gasteiger partial charge < -0.3 is 9.47 Å². The summed E-state index contributed by atoms with van der Waals surface area (Å²) in [7, 11) is -2.55. The Balaban J connectivity index is 1.79. The second kappa shape index (κ2) is 11.7. The van der Waals surface area contributed by atoms with Crippen molar-refractivity contribution in [2.24, 2.45) is 5.10 Å². The zero-order chi connectivity index (χ0) is 24.4. The molecule has 9 heteroatoms. The van der Waals surface area contributed by atoms with Crippen molar-refractivity contribution in [2.45, 2.75) is 4.90 Å². The topological polar surface area (TPSA) is 97.3 Å². The first-order chi connectivity index (χ1) is 16.4. The molecule has 0 heterocycles. The molecule has 0 radical (unpaired) electrons. The number of rotatable bonds is 11. The van der Waals surface area contributed by atoms with Gasteiger partial charge in [0, 0.05) is 6.07 Å². The first-order valence-corrected chi connectivity index (χ1v) is 11.8. The van der Waals surface area contributed by atoms with E-state index < -0.39 is 22.5 Å². The van der Waals surface area contributed by atoms with E-state index in [0.717, 1.165) is 4.31 Å². The van der Waals surface area contributed by atoms with Crippen LogP contribution in [0.5, 0.6) is 11.5 Å². The summed E-state index contributed by atoms with van der Waals surface area (Å²) in [6.07, 6.45) is 3.08. The van der Waals surface area contributed by atoms with Crippen LogP contribution < -0.4 is 19.2 Å². The van der Waals surface area contributed by atoms with Crippen molar-refractivity contribution in [3.05, 3.63) is 97.1 Å². The molecule has 1 N–H and O–H groups in total. The highest BCUT2D eigenvalue weighted by Gasteiger charge is 2.27. The first kappa shape index (κ1) is 24.5. The van der Waals surface area contributed by atoms with E-state index in [0.29, 0.717) is 23.7 Å². The highest BCUT2D eigenvalue weighted by Crippen LogP contribution is 2.26. The van der Waals surface area contributed by atoms with Crippen LogP contribution in [0.15, 0.2) is 102 Å². The summed E-state index contributed by atoms with van der Waals surface area (Å²) in [5.74, 6) is 0.480. The minimum absolute atomic E-state index is 0.0606. The van der Waals surface area contributed by atoms with Gasteiger partial charge in [0.05, 0.1) is 23.9 Å². The number of anilines is 1. The number of sulfonamides is 1. The Bertz CT molecular complexity index is 1260. The van der Waals surface area contributed by atoms with Crippen LogP contribution in [0.25, 0.3) is 0 Å². The van der Waals surface area contributed by atoms with Crippen molar-refractivity contribution in [2.75, 3.05) is 24.6 Å². The van der Waals surface area contributed by atoms with Crippen molar-refractivity contribution in [1.82, 2.24) is 5.43 Å². The van der Waals surface area contributed by atoms with Gasteiger partial charge in [-0.05, 0) is 42.0 Å². The number of hydrazone groups is 1. The molecule has 0 aromatic heterocycles. The summed E-state index contributed by atoms with van der Waals surface area (Å²) in [4.78, 5) is 12.7. The van der Waals surface area contributed by atoms with Gasteiger partial charge in [-0.25, -0.2) is 13.8 Å². The molecule has 0 saturated heterocycles. The molecule has 3 aromatic carbocycles. The Morgan fingerprint density at radius 1 is 1.03 bits per heavy atom. The molecule has 0 aliphatic carbocycles. The summed E-state index contributed by atoms with van der Waals surface area (Å²) in [5, 5.41) is 3.95. The first-order valence-electron chi connectivity index (χ1n) is 10.3. The van der Waals surface area contributed by atoms with E-state index in [-0.39, 0.29) is 10.6 Å². The third-order valence-corrected chi connectivity index (χ3v) is 6.38. The van der Waals surface area contributed by atoms with Gasteiger partial charge in [-0.1, -0.05) is 49.1 Å². The molecule has 8 nitrogen and oxygen atoms in total. The number of hydrogen-bond donors (Lipinski definition) is 1. The molecule has 0 aliphatic heterocycles. The lowest BCUT2D eigenvalue weighted by Crippen LogP contribution is -2.39. The highest BCUT2D eigenvalue weighted by atomic mass is 32.2. The summed E-state index contributed by atoms with van der Waals surface area (Å²) in [5.41, 5.74) is 3.37. The van der Waals surface area contributed by atoms with Crippen LogP contribution in [0.2, 0.25) is 0 Å². The number of benzene rings is 3. The molecule has 0 fully saturated rings. The summed E-state index contributed by atoms with van der Waals surface area (Å²) in [6.45, 7) is 3.49. The van der Waals surface area contributed by atoms with Gasteiger partial charge in [-0.15, -0.1) is 0 Å². The van der Waals surface area contributed by atoms with Crippen LogP contribution in [0, 0.1) is 0 Å². The zero-order valence-corrected chi connectivity index (χ0v) is 19.4. The Kier molecular flexibility index (Phi) is 8.42. The lowest BCUT2D eigenvalue weighted by atomic mass is 10.2. The molecule has 3 aromatic rings. The van der Waals surface area contributed by atoms with E-state index in [9.17, 15) is 13.2 Å². The van der Waals surface area contributed by atoms with Crippen LogP contribution in [0.3, 0.4) is 0 Å². The molecular weight excluding hydrogens is 454 g/mol. The van der Waals surface area contributed by atoms with Crippen LogP contribution in [-0.4, -0.2) is 40.8 Å². The van der Waals surface area contributed by atoms with Crippen molar-refractivity contribution in [1.29, 1.82) is 0 Å². The van der Waals surface area contributed by atoms with E-state index in [2.05, 4.69) is 17.1 Å². The largest absolute Gasteiger partial charge is 0.497 e. The number of hydrogen-bond acceptors (Lipinski definition) is 6. The van der Waals surface area contributed by atoms with Crippen molar-refractivity contribution in [3.8, 4) is 11.5 Å². The fraction of sp³-hybridized carbons (Fsp3) is 0.120. The molecule has 176 valence electrons. The Labute approximate surface area is 199 Å². The number of amides is 1. The lowest BCUT2D eigenvalue weighted by Gasteiger charge is -2.24. The van der Waals surface area contributed by atoms with Crippen LogP contribution >= 0.6 is 0 Å². The molecule has 34 heavy (non-hydrogen) atoms. The fourth-order valence-electron chi connectivity index (χ4n) is 2.98. The standard InChI is InChI=1S/C25H25N3O5S/c1-3-15-33-23-12-7-9-20(16-23)18-26-27-25(29)19-28(21-10-8-11-22(17-21)32-2)34(30,31)24-13-5-4-6-14-24/h3-14,16-18H,1,15,19H2,2H3,(H,27,29)/b26-18-. The average molecular weight is 480 g/mol. The van der Waals surface area contributed by atoms with Crippen LogP contribution in [0.4, 0.5) is 5.69 Å². The van der Waals surface area contributed by atoms with Crippen molar-refractivity contribution < 1.29 is 22.7 Å². The van der Waals surface area contributed by atoms with Crippen LogP contribution in [0.1, 0.15) is 5.56 Å². The maximum atomic E-state index is 13.3. The molecule has 0 atom stereocenters. The molecular formula is C25H25N3O5S. The predicted octanol–water partition coefficient (Wildman–Crippen LogP) is 3.61. The minimum Gasteiger partial charge on any atom is -0.497 e. The van der Waals surface area contributed by atoms with E-state index in [1.165, 1.54) is 25.5 Å². The van der Waals surface area contributed by atoms with Gasteiger partial charge in [-0.3, -0.25) is 9.10 Å². The Morgan fingerprint density at radius 2 is 1.76 bits per heavy atom. The Hall–Kier alpha value is -4.11. The zero-order valence-electron chi connectivity index (χ0n) is 18.6. The average Bonchev–Trinajstić information content (AvgIpc) is 2.86. The van der Waals surface area contributed by atoms with Gasteiger partial charge in [0.1, 0.15) is 24.7 Å². The van der Waals surface area contributed by atoms with Gasteiger partial charge in [0.15, 0.2) is 0 Å². The molecule has 3 rings (SSSR count). The van der Waals surface area contributed by atoms with E-state index >= 15 is 0 Å². The van der Waals surface area contributed by atoms with Gasteiger partial charge in [-0.2, -0.15) is 5.10 Å². The fourth-order valence-corrected chi connectivity index (χ4v) is 4.42. The maximum Gasteiger partial charge on any atom is 0.264 e. The number of carbonyl (C=O) groups excluding carboxylic acids is 1. The third kappa shape index (κ3) is 6.46. The normalized spacial score (nSPS) is 11.1. The SMILES string of the molecule is C=CCOc1cccc(/C=N\NC(=O)CN(c2cccc(OC)c2)S(=O)(=O)c2ccccc2)c1. The smallest absolute Gasteiger partial charge is 0.264 e. The lowest BCUT2D eigenvalue weighted by molar-refractivity contribution is -0.119. The second-order valence-corrected chi connectivity index (χ2v) is 8.85. The maximum absolute atomic E-state index is 13.3. The molecule has 1 amide bonds. The number of carbonyl (C=O) groups is 1. The second-order valence-electron chi connectivity index (χ2n) is 6.99. The molecule has 0 bridgehead atoms. The third-order valence-electron chi connectivity index (χ3n) is 4.59. The van der Waals surface area contributed by atoms with E-state index in [1.807, 2.05) is 0 Å². The van der Waals surface area contributed by atoms with E-state index in [1.54, 1.807) is 72.8 Å². The molecule has 0 unspecified atom stereocenters. The van der Waals surface area contributed by atoms with Crippen LogP contribution in [-0.2, 0) is 14.8 Å².